The Bertz CT molecular complexity index is 645. The minimum atomic E-state index is -0.835. The van der Waals surface area contributed by atoms with Crippen LogP contribution in [-0.4, -0.2) is 29.6 Å². The smallest absolute Gasteiger partial charge is 0.312 e. The van der Waals surface area contributed by atoms with Crippen molar-refractivity contribution < 1.29 is 14.4 Å². The Morgan fingerprint density at radius 3 is 2.52 bits per heavy atom. The van der Waals surface area contributed by atoms with E-state index in [9.17, 15) is 14.4 Å². The minimum absolute atomic E-state index is 0.0254. The van der Waals surface area contributed by atoms with E-state index in [4.69, 9.17) is 28.9 Å². The van der Waals surface area contributed by atoms with Gasteiger partial charge in [0.25, 0.3) is 5.91 Å². The van der Waals surface area contributed by atoms with Crippen LogP contribution in [-0.2, 0) is 9.59 Å². The van der Waals surface area contributed by atoms with Gasteiger partial charge in [0.15, 0.2) is 0 Å². The number of hydrazine groups is 1. The second-order valence-electron chi connectivity index (χ2n) is 5.27. The van der Waals surface area contributed by atoms with Gasteiger partial charge in [0.1, 0.15) is 6.04 Å². The van der Waals surface area contributed by atoms with Crippen LogP contribution in [0.5, 0.6) is 0 Å². The number of primary amides is 1. The number of nitrogens with two attached hydrogens (primary N) is 1. The zero-order valence-electron chi connectivity index (χ0n) is 13.8. The van der Waals surface area contributed by atoms with Crippen LogP contribution in [0.3, 0.4) is 0 Å². The Morgan fingerprint density at radius 2 is 1.92 bits per heavy atom. The van der Waals surface area contributed by atoms with Crippen molar-refractivity contribution in [3.63, 3.8) is 0 Å². The van der Waals surface area contributed by atoms with Crippen LogP contribution in [0, 0.1) is 5.92 Å². The molecule has 0 aromatic heterocycles. The molecule has 0 bridgehead atoms. The molecule has 1 rings (SSSR count). The lowest BCUT2D eigenvalue weighted by Gasteiger charge is -2.22. The van der Waals surface area contributed by atoms with Gasteiger partial charge >= 0.3 is 6.03 Å². The van der Waals surface area contributed by atoms with Crippen LogP contribution >= 0.6 is 35.0 Å². The van der Waals surface area contributed by atoms with Gasteiger partial charge in [0.05, 0.1) is 10.8 Å². The summed E-state index contributed by atoms with van der Waals surface area (Å²) in [7, 11) is 0. The van der Waals surface area contributed by atoms with Crippen LogP contribution in [0.25, 0.3) is 0 Å². The van der Waals surface area contributed by atoms with Gasteiger partial charge in [0.2, 0.25) is 5.91 Å². The first-order chi connectivity index (χ1) is 11.7. The Balaban J connectivity index is 2.52. The van der Waals surface area contributed by atoms with E-state index in [1.807, 2.05) is 6.92 Å². The van der Waals surface area contributed by atoms with Gasteiger partial charge in [0, 0.05) is 9.92 Å². The zero-order chi connectivity index (χ0) is 19.0. The fraction of sp³-hybridized carbons (Fsp3) is 0.400. The van der Waals surface area contributed by atoms with Crippen molar-refractivity contribution in [2.24, 2.45) is 11.7 Å². The van der Waals surface area contributed by atoms with Crippen LogP contribution in [0.15, 0.2) is 23.1 Å². The second-order valence-corrected chi connectivity index (χ2v) is 7.13. The summed E-state index contributed by atoms with van der Waals surface area (Å²) in [5, 5.41) is 3.35. The highest BCUT2D eigenvalue weighted by atomic mass is 35.5. The van der Waals surface area contributed by atoms with Crippen molar-refractivity contribution >= 4 is 52.8 Å². The number of amides is 4. The van der Waals surface area contributed by atoms with Gasteiger partial charge in [-0.3, -0.25) is 20.4 Å². The SMILES string of the molecule is CC[C@@H](C)[C@H](NC(N)=O)C(=O)NNC(=O)CSc1cc(Cl)ccc1Cl. The van der Waals surface area contributed by atoms with Gasteiger partial charge in [-0.2, -0.15) is 0 Å². The summed E-state index contributed by atoms with van der Waals surface area (Å²) in [6.07, 6.45) is 0.648. The summed E-state index contributed by atoms with van der Waals surface area (Å²) >= 11 is 13.1. The fourth-order valence-corrected chi connectivity index (χ4v) is 3.12. The average molecular weight is 407 g/mol. The fourth-order valence-electron chi connectivity index (χ4n) is 1.83. The molecule has 138 valence electrons. The molecule has 2 atom stereocenters. The topological polar surface area (TPSA) is 113 Å². The summed E-state index contributed by atoms with van der Waals surface area (Å²) in [6, 6.07) is 3.29. The van der Waals surface area contributed by atoms with E-state index in [-0.39, 0.29) is 11.7 Å². The number of thioether (sulfide) groups is 1. The van der Waals surface area contributed by atoms with E-state index in [1.165, 1.54) is 11.8 Å². The van der Waals surface area contributed by atoms with Gasteiger partial charge in [-0.25, -0.2) is 4.79 Å². The molecular weight excluding hydrogens is 387 g/mol. The van der Waals surface area contributed by atoms with E-state index in [0.717, 1.165) is 0 Å². The van der Waals surface area contributed by atoms with Gasteiger partial charge in [-0.15, -0.1) is 11.8 Å². The molecule has 5 N–H and O–H groups in total. The standard InChI is InChI=1S/C15H20Cl2N4O3S/c1-3-8(2)13(19-15(18)24)14(23)21-20-12(22)7-25-11-6-9(16)4-5-10(11)17/h4-6,8,13H,3,7H2,1-2H3,(H,20,22)(H,21,23)(H3,18,19,24)/t8-,13+/m1/s1. The molecule has 0 aliphatic carbocycles. The number of carbonyl (C=O) groups excluding carboxylic acids is 3. The molecular formula is C15H20Cl2N4O3S. The Labute approximate surface area is 160 Å². The van der Waals surface area contributed by atoms with E-state index < -0.39 is 23.9 Å². The number of carbonyl (C=O) groups is 3. The lowest BCUT2D eigenvalue weighted by molar-refractivity contribution is -0.129. The summed E-state index contributed by atoms with van der Waals surface area (Å²) in [5.74, 6) is -1.11. The first kappa shape index (κ1) is 21.4. The van der Waals surface area contributed by atoms with Gasteiger partial charge < -0.3 is 11.1 Å². The molecule has 0 radical (unpaired) electrons. The average Bonchev–Trinajstić information content (AvgIpc) is 2.57. The molecule has 0 heterocycles. The summed E-state index contributed by atoms with van der Waals surface area (Å²) in [4.78, 5) is 35.6. The van der Waals surface area contributed by atoms with Crippen molar-refractivity contribution in [2.75, 3.05) is 5.75 Å². The highest BCUT2D eigenvalue weighted by Gasteiger charge is 2.25. The highest BCUT2D eigenvalue weighted by molar-refractivity contribution is 8.00. The Kier molecular flexibility index (Phi) is 8.88. The van der Waals surface area contributed by atoms with Crippen LogP contribution in [0.1, 0.15) is 20.3 Å². The third-order valence-electron chi connectivity index (χ3n) is 3.37. The zero-order valence-corrected chi connectivity index (χ0v) is 16.1. The van der Waals surface area contributed by atoms with Crippen molar-refractivity contribution in [2.45, 2.75) is 31.2 Å². The van der Waals surface area contributed by atoms with Crippen molar-refractivity contribution in [1.82, 2.24) is 16.2 Å². The largest absolute Gasteiger partial charge is 0.352 e. The quantitative estimate of drug-likeness (QED) is 0.410. The predicted octanol–water partition coefficient (Wildman–Crippen LogP) is 2.32. The Morgan fingerprint density at radius 1 is 1.24 bits per heavy atom. The molecule has 25 heavy (non-hydrogen) atoms. The predicted molar refractivity (Wildman–Crippen MR) is 99.4 cm³/mol. The van der Waals surface area contributed by atoms with Crippen molar-refractivity contribution in [3.8, 4) is 0 Å². The number of hydrogen-bond donors (Lipinski definition) is 4. The van der Waals surface area contributed by atoms with Crippen LogP contribution in [0.2, 0.25) is 10.0 Å². The molecule has 10 heteroatoms. The number of benzene rings is 1. The number of urea groups is 1. The molecule has 0 aliphatic rings. The van der Waals surface area contributed by atoms with Crippen LogP contribution in [0.4, 0.5) is 4.79 Å². The number of nitrogens with one attached hydrogen (secondary N) is 3. The first-order valence-electron chi connectivity index (χ1n) is 7.47. The molecule has 1 aromatic carbocycles. The number of halogens is 2. The van der Waals surface area contributed by atoms with Gasteiger partial charge in [-0.1, -0.05) is 43.5 Å². The molecule has 0 fully saturated rings. The monoisotopic (exact) mass is 406 g/mol. The normalized spacial score (nSPS) is 12.8. The van der Waals surface area contributed by atoms with E-state index in [0.29, 0.717) is 21.4 Å². The summed E-state index contributed by atoms with van der Waals surface area (Å²) in [5.41, 5.74) is 9.65. The molecule has 0 unspecified atom stereocenters. The molecule has 1 aromatic rings. The summed E-state index contributed by atoms with van der Waals surface area (Å²) in [6.45, 7) is 3.66. The van der Waals surface area contributed by atoms with Crippen LogP contribution < -0.4 is 21.9 Å². The minimum Gasteiger partial charge on any atom is -0.352 e. The highest BCUT2D eigenvalue weighted by Crippen LogP contribution is 2.29. The summed E-state index contributed by atoms with van der Waals surface area (Å²) < 4.78 is 0. The third-order valence-corrected chi connectivity index (χ3v) is 5.10. The van der Waals surface area contributed by atoms with Crippen molar-refractivity contribution in [1.29, 1.82) is 0 Å². The van der Waals surface area contributed by atoms with Crippen molar-refractivity contribution in [3.05, 3.63) is 28.2 Å². The molecule has 0 spiro atoms. The molecule has 7 nitrogen and oxygen atoms in total. The first-order valence-corrected chi connectivity index (χ1v) is 9.21. The van der Waals surface area contributed by atoms with E-state index >= 15 is 0 Å². The number of rotatable bonds is 7. The second kappa shape index (κ2) is 10.4. The third kappa shape index (κ3) is 7.41. The number of hydrogen-bond acceptors (Lipinski definition) is 4. The lowest BCUT2D eigenvalue weighted by atomic mass is 9.99. The molecule has 0 saturated heterocycles. The molecule has 0 aliphatic heterocycles. The maximum absolute atomic E-state index is 12.1. The van der Waals surface area contributed by atoms with E-state index in [1.54, 1.807) is 25.1 Å². The maximum atomic E-state index is 12.1. The molecule has 4 amide bonds. The molecule has 0 saturated carbocycles. The van der Waals surface area contributed by atoms with E-state index in [2.05, 4.69) is 16.2 Å². The maximum Gasteiger partial charge on any atom is 0.312 e. The Hall–Kier alpha value is -1.64. The lowest BCUT2D eigenvalue weighted by Crippen LogP contribution is -2.55. The van der Waals surface area contributed by atoms with Gasteiger partial charge in [-0.05, 0) is 24.1 Å².